The summed E-state index contributed by atoms with van der Waals surface area (Å²) in [5.74, 6) is -0.899. The van der Waals surface area contributed by atoms with Crippen molar-refractivity contribution < 1.29 is 19.5 Å². The number of carboxylic acids is 1. The Morgan fingerprint density at radius 1 is 1.37 bits per heavy atom. The number of carboxylic acid groups (broad SMARTS) is 1. The number of aromatic amines is 1. The first-order valence-electron chi connectivity index (χ1n) is 5.47. The number of hydrogen-bond donors (Lipinski definition) is 4. The van der Waals surface area contributed by atoms with Crippen molar-refractivity contribution in [3.05, 3.63) is 40.2 Å². The molecule has 7 heteroatoms. The number of nitrogens with two attached hydrogens (primary N) is 1. The summed E-state index contributed by atoms with van der Waals surface area (Å²) in [6, 6.07) is 4.79. The highest BCUT2D eigenvalue weighted by Crippen LogP contribution is 2.24. The van der Waals surface area contributed by atoms with Gasteiger partial charge in [-0.3, -0.25) is 9.59 Å². The Morgan fingerprint density at radius 3 is 2.58 bits per heavy atom. The summed E-state index contributed by atoms with van der Waals surface area (Å²) in [5.41, 5.74) is 5.61. The van der Waals surface area contributed by atoms with Crippen LogP contribution in [0.1, 0.15) is 5.56 Å². The molecular formula is C12H12N2O5. The fourth-order valence-electron chi connectivity index (χ4n) is 1.66. The number of aliphatic carboxylic acids is 1. The molecule has 1 unspecified atom stereocenters. The number of phenolic OH excluding ortho intramolecular Hbond substituents is 1. The zero-order valence-electron chi connectivity index (χ0n) is 9.79. The van der Waals surface area contributed by atoms with Gasteiger partial charge >= 0.3 is 5.97 Å². The molecule has 1 heterocycles. The van der Waals surface area contributed by atoms with Crippen LogP contribution in [0.15, 0.2) is 33.6 Å². The highest BCUT2D eigenvalue weighted by molar-refractivity contribution is 5.74. The Balaban J connectivity index is 2.40. The Hall–Kier alpha value is -2.54. The second kappa shape index (κ2) is 4.99. The van der Waals surface area contributed by atoms with E-state index in [0.29, 0.717) is 5.56 Å². The van der Waals surface area contributed by atoms with Gasteiger partial charge in [0.05, 0.1) is 5.56 Å². The number of rotatable bonds is 4. The monoisotopic (exact) mass is 264 g/mol. The number of aromatic hydroxyl groups is 1. The van der Waals surface area contributed by atoms with Gasteiger partial charge in [-0.05, 0) is 24.3 Å². The lowest BCUT2D eigenvalue weighted by molar-refractivity contribution is -0.138. The molecule has 100 valence electrons. The maximum Gasteiger partial charge on any atom is 0.320 e. The molecule has 7 nitrogen and oxygen atoms in total. The summed E-state index contributed by atoms with van der Waals surface area (Å²) in [5, 5.41) is 20.1. The molecule has 0 radical (unpaired) electrons. The third-order valence-corrected chi connectivity index (χ3v) is 2.66. The van der Waals surface area contributed by atoms with Crippen LogP contribution in [0.3, 0.4) is 0 Å². The molecule has 1 aromatic heterocycles. The standard InChI is InChI=1S/C12H12N2O5/c13-9(12(17)18)5-8-10(19-14-11(8)16)6-1-3-7(15)4-2-6/h1-4,9,15H,5,13H2,(H,14,16)(H,17,18). The third-order valence-electron chi connectivity index (χ3n) is 2.66. The Labute approximate surface area is 107 Å². The lowest BCUT2D eigenvalue weighted by Gasteiger charge is -2.05. The van der Waals surface area contributed by atoms with Gasteiger partial charge in [-0.25, -0.2) is 0 Å². The van der Waals surface area contributed by atoms with E-state index in [9.17, 15) is 14.7 Å². The van der Waals surface area contributed by atoms with Gasteiger partial charge < -0.3 is 20.5 Å². The molecule has 0 spiro atoms. The summed E-state index contributed by atoms with van der Waals surface area (Å²) in [7, 11) is 0. The summed E-state index contributed by atoms with van der Waals surface area (Å²) < 4.78 is 5.03. The summed E-state index contributed by atoms with van der Waals surface area (Å²) in [6.07, 6.45) is -0.141. The van der Waals surface area contributed by atoms with E-state index < -0.39 is 17.6 Å². The van der Waals surface area contributed by atoms with Crippen LogP contribution in [0.5, 0.6) is 5.75 Å². The van der Waals surface area contributed by atoms with Gasteiger partial charge in [0.25, 0.3) is 5.56 Å². The fraction of sp³-hybridized carbons (Fsp3) is 0.167. The Bertz CT molecular complexity index is 641. The minimum Gasteiger partial charge on any atom is -0.508 e. The van der Waals surface area contributed by atoms with E-state index in [-0.39, 0.29) is 23.5 Å². The van der Waals surface area contributed by atoms with Crippen molar-refractivity contribution in [3.63, 3.8) is 0 Å². The van der Waals surface area contributed by atoms with Crippen LogP contribution < -0.4 is 11.3 Å². The van der Waals surface area contributed by atoms with Crippen molar-refractivity contribution in [1.29, 1.82) is 0 Å². The molecule has 1 atom stereocenters. The van der Waals surface area contributed by atoms with Crippen LogP contribution >= 0.6 is 0 Å². The number of H-pyrrole nitrogens is 1. The van der Waals surface area contributed by atoms with Gasteiger partial charge in [0, 0.05) is 12.0 Å². The highest BCUT2D eigenvalue weighted by atomic mass is 16.5. The molecule has 5 N–H and O–H groups in total. The Morgan fingerprint density at radius 2 is 2.00 bits per heavy atom. The van der Waals surface area contributed by atoms with Crippen LogP contribution in [0.4, 0.5) is 0 Å². The van der Waals surface area contributed by atoms with Gasteiger partial charge in [-0.1, -0.05) is 0 Å². The molecule has 19 heavy (non-hydrogen) atoms. The molecule has 0 aliphatic heterocycles. The number of nitrogens with one attached hydrogen (secondary N) is 1. The van der Waals surface area contributed by atoms with Crippen molar-refractivity contribution in [2.24, 2.45) is 5.73 Å². The lowest BCUT2D eigenvalue weighted by Crippen LogP contribution is -2.33. The second-order valence-electron chi connectivity index (χ2n) is 4.04. The second-order valence-corrected chi connectivity index (χ2v) is 4.04. The minimum absolute atomic E-state index is 0.0745. The van der Waals surface area contributed by atoms with E-state index >= 15 is 0 Å². The minimum atomic E-state index is -1.20. The van der Waals surface area contributed by atoms with Crippen molar-refractivity contribution in [3.8, 4) is 17.1 Å². The van der Waals surface area contributed by atoms with Gasteiger partial charge in [0.15, 0.2) is 5.76 Å². The molecule has 0 amide bonds. The van der Waals surface area contributed by atoms with Crippen LogP contribution in [0.25, 0.3) is 11.3 Å². The third kappa shape index (κ3) is 2.66. The maximum absolute atomic E-state index is 11.6. The average Bonchev–Trinajstić information content (AvgIpc) is 2.72. The average molecular weight is 264 g/mol. The molecule has 0 bridgehead atoms. The number of benzene rings is 1. The maximum atomic E-state index is 11.6. The first-order chi connectivity index (χ1) is 8.99. The SMILES string of the molecule is NC(Cc1c(-c2ccc(O)cc2)o[nH]c1=O)C(=O)O. The molecule has 0 aliphatic rings. The Kier molecular flexibility index (Phi) is 3.39. The first-order valence-corrected chi connectivity index (χ1v) is 5.47. The van der Waals surface area contributed by atoms with Crippen molar-refractivity contribution in [2.45, 2.75) is 12.5 Å². The van der Waals surface area contributed by atoms with Crippen LogP contribution in [0, 0.1) is 0 Å². The molecule has 0 aliphatic carbocycles. The van der Waals surface area contributed by atoms with E-state index in [4.69, 9.17) is 15.4 Å². The van der Waals surface area contributed by atoms with Gasteiger partial charge in [-0.15, -0.1) is 0 Å². The largest absolute Gasteiger partial charge is 0.508 e. The van der Waals surface area contributed by atoms with E-state index in [1.165, 1.54) is 12.1 Å². The van der Waals surface area contributed by atoms with E-state index in [1.807, 2.05) is 0 Å². The number of hydrogen-bond acceptors (Lipinski definition) is 5. The predicted molar refractivity (Wildman–Crippen MR) is 65.7 cm³/mol. The predicted octanol–water partition coefficient (Wildman–Crippen LogP) is 0.295. The van der Waals surface area contributed by atoms with Crippen molar-refractivity contribution >= 4 is 5.97 Å². The lowest BCUT2D eigenvalue weighted by atomic mass is 10.0. The smallest absolute Gasteiger partial charge is 0.320 e. The van der Waals surface area contributed by atoms with Crippen LogP contribution in [-0.4, -0.2) is 27.4 Å². The van der Waals surface area contributed by atoms with Gasteiger partial charge in [-0.2, -0.15) is 5.16 Å². The molecule has 0 saturated heterocycles. The summed E-state index contributed by atoms with van der Waals surface area (Å²) in [6.45, 7) is 0. The number of carbonyl (C=O) groups is 1. The molecule has 0 saturated carbocycles. The number of aromatic nitrogens is 1. The first kappa shape index (κ1) is 12.9. The van der Waals surface area contributed by atoms with E-state index in [0.717, 1.165) is 0 Å². The van der Waals surface area contributed by atoms with Gasteiger partial charge in [0.2, 0.25) is 0 Å². The topological polar surface area (TPSA) is 130 Å². The zero-order chi connectivity index (χ0) is 14.0. The normalized spacial score (nSPS) is 12.3. The molecule has 0 fully saturated rings. The number of phenols is 1. The molecule has 2 rings (SSSR count). The van der Waals surface area contributed by atoms with E-state index in [2.05, 4.69) is 5.16 Å². The molecular weight excluding hydrogens is 252 g/mol. The molecule has 2 aromatic rings. The molecule has 1 aromatic carbocycles. The zero-order valence-corrected chi connectivity index (χ0v) is 9.79. The fourth-order valence-corrected chi connectivity index (χ4v) is 1.66. The van der Waals surface area contributed by atoms with Crippen molar-refractivity contribution in [1.82, 2.24) is 5.16 Å². The highest BCUT2D eigenvalue weighted by Gasteiger charge is 2.21. The van der Waals surface area contributed by atoms with E-state index in [1.54, 1.807) is 12.1 Å². The quantitative estimate of drug-likeness (QED) is 0.628. The van der Waals surface area contributed by atoms with Crippen molar-refractivity contribution in [2.75, 3.05) is 0 Å². The van der Waals surface area contributed by atoms with Crippen LogP contribution in [-0.2, 0) is 11.2 Å². The summed E-state index contributed by atoms with van der Waals surface area (Å²) >= 11 is 0. The van der Waals surface area contributed by atoms with Crippen LogP contribution in [0.2, 0.25) is 0 Å². The summed E-state index contributed by atoms with van der Waals surface area (Å²) in [4.78, 5) is 22.3. The van der Waals surface area contributed by atoms with Gasteiger partial charge in [0.1, 0.15) is 11.8 Å².